The number of aromatic amines is 1. The summed E-state index contributed by atoms with van der Waals surface area (Å²) in [4.78, 5) is 30.5. The van der Waals surface area contributed by atoms with Crippen molar-refractivity contribution in [1.82, 2.24) is 19.9 Å². The molecule has 5 rings (SSSR count). The maximum Gasteiger partial charge on any atom is 0.279 e. The smallest absolute Gasteiger partial charge is 0.279 e. The lowest BCUT2D eigenvalue weighted by Gasteiger charge is -2.28. The van der Waals surface area contributed by atoms with E-state index in [1.54, 1.807) is 12.1 Å². The SMILES string of the molecule is O=[N+]([O-])c1cccc2[nH]cc(CN3CCc4nc(C5=NCCCC5)ncc4C3)c12. The van der Waals surface area contributed by atoms with Crippen LogP contribution in [0, 0.1) is 10.1 Å². The van der Waals surface area contributed by atoms with E-state index >= 15 is 0 Å². The van der Waals surface area contributed by atoms with Gasteiger partial charge in [-0.3, -0.25) is 20.0 Å². The topological polar surface area (TPSA) is 100 Å². The maximum atomic E-state index is 11.4. The number of H-pyrrole nitrogens is 1. The second-order valence-corrected chi connectivity index (χ2v) is 7.68. The van der Waals surface area contributed by atoms with Gasteiger partial charge in [-0.05, 0) is 30.9 Å². The number of nitro groups is 1. The molecule has 3 aromatic rings. The Morgan fingerprint density at radius 3 is 3.00 bits per heavy atom. The van der Waals surface area contributed by atoms with Gasteiger partial charge in [0.25, 0.3) is 5.69 Å². The second kappa shape index (κ2) is 7.36. The summed E-state index contributed by atoms with van der Waals surface area (Å²) < 4.78 is 0. The first-order valence-corrected chi connectivity index (χ1v) is 10.0. The molecule has 0 atom stereocenters. The maximum absolute atomic E-state index is 11.4. The number of rotatable bonds is 4. The fourth-order valence-electron chi connectivity index (χ4n) is 4.28. The van der Waals surface area contributed by atoms with E-state index in [2.05, 4.69) is 19.9 Å². The van der Waals surface area contributed by atoms with Gasteiger partial charge in [0.1, 0.15) is 0 Å². The predicted octanol–water partition coefficient (Wildman–Crippen LogP) is 3.40. The minimum Gasteiger partial charge on any atom is -0.361 e. The summed E-state index contributed by atoms with van der Waals surface area (Å²) in [7, 11) is 0. The molecule has 8 nitrogen and oxygen atoms in total. The van der Waals surface area contributed by atoms with Crippen LogP contribution in [0.25, 0.3) is 10.9 Å². The molecule has 0 spiro atoms. The molecular formula is C21H22N6O2. The van der Waals surface area contributed by atoms with E-state index < -0.39 is 0 Å². The number of benzene rings is 1. The van der Waals surface area contributed by atoms with Crippen LogP contribution < -0.4 is 0 Å². The lowest BCUT2D eigenvalue weighted by atomic mass is 10.0. The summed E-state index contributed by atoms with van der Waals surface area (Å²) in [5.41, 5.74) is 5.16. The van der Waals surface area contributed by atoms with Crippen LogP contribution in [-0.2, 0) is 19.5 Å². The zero-order valence-electron chi connectivity index (χ0n) is 16.1. The Balaban J connectivity index is 1.37. The molecular weight excluding hydrogens is 368 g/mol. The number of hydrogen-bond acceptors (Lipinski definition) is 6. The van der Waals surface area contributed by atoms with Gasteiger partial charge in [-0.2, -0.15) is 0 Å². The number of non-ortho nitro benzene ring substituents is 1. The number of fused-ring (bicyclic) bond motifs is 2. The van der Waals surface area contributed by atoms with Crippen LogP contribution in [0.15, 0.2) is 35.6 Å². The van der Waals surface area contributed by atoms with Crippen LogP contribution in [0.3, 0.4) is 0 Å². The van der Waals surface area contributed by atoms with Gasteiger partial charge in [0.2, 0.25) is 0 Å². The van der Waals surface area contributed by atoms with E-state index in [9.17, 15) is 10.1 Å². The van der Waals surface area contributed by atoms with Crippen LogP contribution in [-0.4, -0.2) is 43.6 Å². The Morgan fingerprint density at radius 1 is 1.24 bits per heavy atom. The minimum absolute atomic E-state index is 0.150. The highest BCUT2D eigenvalue weighted by Gasteiger charge is 2.23. The molecule has 148 valence electrons. The first-order chi connectivity index (χ1) is 14.2. The molecule has 1 aromatic carbocycles. The Hall–Kier alpha value is -3.13. The molecule has 0 aliphatic carbocycles. The molecule has 0 saturated heterocycles. The number of aromatic nitrogens is 3. The van der Waals surface area contributed by atoms with E-state index in [4.69, 9.17) is 4.98 Å². The van der Waals surface area contributed by atoms with Gasteiger partial charge in [-0.15, -0.1) is 0 Å². The first-order valence-electron chi connectivity index (χ1n) is 10.0. The normalized spacial score (nSPS) is 17.2. The average Bonchev–Trinajstić information content (AvgIpc) is 3.17. The van der Waals surface area contributed by atoms with Crippen molar-refractivity contribution < 1.29 is 4.92 Å². The summed E-state index contributed by atoms with van der Waals surface area (Å²) in [6.07, 6.45) is 7.93. The van der Waals surface area contributed by atoms with Crippen molar-refractivity contribution in [2.45, 2.75) is 38.8 Å². The van der Waals surface area contributed by atoms with E-state index in [-0.39, 0.29) is 10.6 Å². The third-order valence-corrected chi connectivity index (χ3v) is 5.75. The molecule has 0 radical (unpaired) electrons. The van der Waals surface area contributed by atoms with Crippen molar-refractivity contribution in [2.75, 3.05) is 13.1 Å². The molecule has 0 bridgehead atoms. The van der Waals surface area contributed by atoms with Crippen LogP contribution >= 0.6 is 0 Å². The molecule has 1 N–H and O–H groups in total. The molecule has 0 saturated carbocycles. The van der Waals surface area contributed by atoms with Crippen molar-refractivity contribution in [3.63, 3.8) is 0 Å². The van der Waals surface area contributed by atoms with E-state index in [1.165, 1.54) is 0 Å². The molecule has 0 unspecified atom stereocenters. The number of hydrogen-bond donors (Lipinski definition) is 1. The Kier molecular flexibility index (Phi) is 4.55. The first kappa shape index (κ1) is 17.9. The monoisotopic (exact) mass is 390 g/mol. The van der Waals surface area contributed by atoms with Gasteiger partial charge in [0.15, 0.2) is 5.82 Å². The number of nitro benzene ring substituents is 1. The van der Waals surface area contributed by atoms with E-state index in [1.807, 2.05) is 18.5 Å². The summed E-state index contributed by atoms with van der Waals surface area (Å²) >= 11 is 0. The molecule has 8 heteroatoms. The quantitative estimate of drug-likeness (QED) is 0.544. The molecule has 4 heterocycles. The lowest BCUT2D eigenvalue weighted by molar-refractivity contribution is -0.383. The molecule has 2 aliphatic rings. The fourth-order valence-corrected chi connectivity index (χ4v) is 4.28. The van der Waals surface area contributed by atoms with Crippen LogP contribution in [0.4, 0.5) is 5.69 Å². The zero-order valence-corrected chi connectivity index (χ0v) is 16.1. The van der Waals surface area contributed by atoms with Gasteiger partial charge in [0.05, 0.1) is 27.2 Å². The van der Waals surface area contributed by atoms with E-state index in [0.29, 0.717) is 11.9 Å². The molecule has 2 aromatic heterocycles. The fraction of sp³-hybridized carbons (Fsp3) is 0.381. The van der Waals surface area contributed by atoms with Gasteiger partial charge in [-0.25, -0.2) is 9.97 Å². The summed E-state index contributed by atoms with van der Waals surface area (Å²) in [5.74, 6) is 0.782. The van der Waals surface area contributed by atoms with Crippen LogP contribution in [0.5, 0.6) is 0 Å². The molecule has 0 amide bonds. The molecule has 2 aliphatic heterocycles. The largest absolute Gasteiger partial charge is 0.361 e. The van der Waals surface area contributed by atoms with Crippen molar-refractivity contribution in [3.05, 3.63) is 63.4 Å². The number of nitrogens with one attached hydrogen (secondary N) is 1. The van der Waals surface area contributed by atoms with Crippen LogP contribution in [0.2, 0.25) is 0 Å². The second-order valence-electron chi connectivity index (χ2n) is 7.68. The van der Waals surface area contributed by atoms with Gasteiger partial charge < -0.3 is 4.98 Å². The highest BCUT2D eigenvalue weighted by atomic mass is 16.6. The van der Waals surface area contributed by atoms with Gasteiger partial charge >= 0.3 is 0 Å². The number of aliphatic imine (C=N–C) groups is 1. The van der Waals surface area contributed by atoms with Crippen molar-refractivity contribution in [3.8, 4) is 0 Å². The highest BCUT2D eigenvalue weighted by molar-refractivity contribution is 5.97. The Bertz CT molecular complexity index is 1120. The minimum atomic E-state index is -0.311. The zero-order chi connectivity index (χ0) is 19.8. The van der Waals surface area contributed by atoms with Gasteiger partial charge in [-0.1, -0.05) is 6.07 Å². The average molecular weight is 390 g/mol. The highest BCUT2D eigenvalue weighted by Crippen LogP contribution is 2.30. The Morgan fingerprint density at radius 2 is 2.17 bits per heavy atom. The van der Waals surface area contributed by atoms with E-state index in [0.717, 1.165) is 79.2 Å². The lowest BCUT2D eigenvalue weighted by Crippen LogP contribution is -2.31. The number of nitrogens with zero attached hydrogens (tertiary/aromatic N) is 5. The molecule has 0 fully saturated rings. The molecule has 29 heavy (non-hydrogen) atoms. The summed E-state index contributed by atoms with van der Waals surface area (Å²) in [5, 5.41) is 12.1. The third kappa shape index (κ3) is 3.40. The standard InChI is InChI=1S/C21H22N6O2/c28-27(29)19-6-3-5-17-20(19)15(11-23-17)13-26-9-7-16-14(12-26)10-24-21(25-16)18-4-1-2-8-22-18/h3,5-6,10-11,23H,1-2,4,7-9,12-13H2. The summed E-state index contributed by atoms with van der Waals surface area (Å²) in [6, 6.07) is 5.15. The Labute approximate surface area is 167 Å². The summed E-state index contributed by atoms with van der Waals surface area (Å²) in [6.45, 7) is 3.14. The van der Waals surface area contributed by atoms with Crippen molar-refractivity contribution in [1.29, 1.82) is 0 Å². The van der Waals surface area contributed by atoms with Crippen molar-refractivity contribution >= 4 is 22.3 Å². The third-order valence-electron chi connectivity index (χ3n) is 5.75. The van der Waals surface area contributed by atoms with Crippen LogP contribution in [0.1, 0.15) is 41.9 Å². The van der Waals surface area contributed by atoms with Crippen molar-refractivity contribution in [2.24, 2.45) is 4.99 Å². The van der Waals surface area contributed by atoms with Gasteiger partial charge in [0, 0.05) is 56.6 Å². The predicted molar refractivity (Wildman–Crippen MR) is 110 cm³/mol.